The number of hydrogen-bond donors (Lipinski definition) is 6. The van der Waals surface area contributed by atoms with Crippen LogP contribution in [-0.2, 0) is 0 Å². The molecule has 0 radical (unpaired) electrons. The maximum atomic E-state index is 13.1. The lowest BCUT2D eigenvalue weighted by molar-refractivity contribution is 0.262. The smallest absolute Gasteiger partial charge is 0.323 e. The summed E-state index contributed by atoms with van der Waals surface area (Å²) in [7, 11) is 0. The second-order valence-corrected chi connectivity index (χ2v) is 8.81. The van der Waals surface area contributed by atoms with Crippen molar-refractivity contribution >= 4 is 53.2 Å². The Morgan fingerprint density at radius 3 is 1.08 bits per heavy atom. The zero-order valence-corrected chi connectivity index (χ0v) is 21.0. The Balaban J connectivity index is 0.00000280. The van der Waals surface area contributed by atoms with Gasteiger partial charge in [-0.3, -0.25) is 20.0 Å². The Morgan fingerprint density at radius 1 is 0.541 bits per heavy atom. The average molecular weight is 521 g/mol. The van der Waals surface area contributed by atoms with Crippen LogP contribution in [0.15, 0.2) is 56.4 Å². The second kappa shape index (κ2) is 10.9. The number of hydrogen-bond acceptors (Lipinski definition) is 9. The summed E-state index contributed by atoms with van der Waals surface area (Å²) >= 11 is 0. The van der Waals surface area contributed by atoms with Gasteiger partial charge in [-0.2, -0.15) is 0 Å². The lowest BCUT2D eigenvalue weighted by Gasteiger charge is -2.14. The molecule has 37 heavy (non-hydrogen) atoms. The van der Waals surface area contributed by atoms with Crippen molar-refractivity contribution in [2.75, 3.05) is 63.0 Å². The number of urea groups is 1. The summed E-state index contributed by atoms with van der Waals surface area (Å²) in [5.41, 5.74) is 4.97. The Morgan fingerprint density at radius 2 is 0.838 bits per heavy atom. The number of anilines is 2. The van der Waals surface area contributed by atoms with E-state index in [9.17, 15) is 4.79 Å². The minimum atomic E-state index is -0.341. The quantitative estimate of drug-likeness (QED) is 0.339. The summed E-state index contributed by atoms with van der Waals surface area (Å²) < 4.78 is 0. The van der Waals surface area contributed by atoms with Crippen LogP contribution in [0.25, 0.3) is 0 Å². The van der Waals surface area contributed by atoms with Gasteiger partial charge >= 0.3 is 6.03 Å². The van der Waals surface area contributed by atoms with Crippen molar-refractivity contribution < 1.29 is 4.79 Å². The van der Waals surface area contributed by atoms with E-state index in [1.807, 2.05) is 36.4 Å². The van der Waals surface area contributed by atoms with Gasteiger partial charge in [0.25, 0.3) is 0 Å². The molecule has 12 heteroatoms. The molecule has 192 valence electrons. The van der Waals surface area contributed by atoms with E-state index < -0.39 is 0 Å². The minimum Gasteiger partial charge on any atom is -0.368 e. The van der Waals surface area contributed by atoms with E-state index in [1.54, 1.807) is 0 Å². The van der Waals surface area contributed by atoms with Crippen LogP contribution in [-0.4, -0.2) is 81.7 Å². The van der Waals surface area contributed by atoms with E-state index in [0.29, 0.717) is 11.4 Å². The third-order valence-electron chi connectivity index (χ3n) is 6.17. The second-order valence-electron chi connectivity index (χ2n) is 8.81. The first-order valence-electron chi connectivity index (χ1n) is 12.2. The van der Waals surface area contributed by atoms with Crippen molar-refractivity contribution in [2.45, 2.75) is 0 Å². The highest BCUT2D eigenvalue weighted by molar-refractivity contribution is 6.09. The Bertz CT molecular complexity index is 1150. The van der Waals surface area contributed by atoms with Crippen molar-refractivity contribution in [3.8, 4) is 0 Å². The van der Waals surface area contributed by atoms with Gasteiger partial charge in [-0.05, 0) is 36.4 Å². The van der Waals surface area contributed by atoms with Crippen molar-refractivity contribution in [2.24, 2.45) is 20.0 Å². The van der Waals surface area contributed by atoms with Crippen molar-refractivity contribution in [1.29, 1.82) is 0 Å². The summed E-state index contributed by atoms with van der Waals surface area (Å²) in [5.74, 6) is 3.30. The molecule has 2 amide bonds. The van der Waals surface area contributed by atoms with E-state index in [4.69, 9.17) is 0 Å². The van der Waals surface area contributed by atoms with E-state index >= 15 is 0 Å². The number of aliphatic imine (C=N–C) groups is 4. The summed E-state index contributed by atoms with van der Waals surface area (Å²) in [6.07, 6.45) is 0. The largest absolute Gasteiger partial charge is 0.368 e. The lowest BCUT2D eigenvalue weighted by atomic mass is 10.1. The maximum absolute atomic E-state index is 13.1. The monoisotopic (exact) mass is 520 g/mol. The number of amides is 2. The number of rotatable bonds is 6. The molecule has 2 aromatic rings. The fraction of sp³-hybridized carbons (Fsp3) is 0.320. The van der Waals surface area contributed by atoms with Crippen molar-refractivity contribution in [1.82, 2.24) is 21.3 Å². The predicted molar refractivity (Wildman–Crippen MR) is 150 cm³/mol. The van der Waals surface area contributed by atoms with Crippen LogP contribution in [0, 0.1) is 0 Å². The number of nitrogens with one attached hydrogen (secondary N) is 6. The maximum Gasteiger partial charge on any atom is 0.323 e. The lowest BCUT2D eigenvalue weighted by Crippen LogP contribution is -2.25. The van der Waals surface area contributed by atoms with E-state index in [1.165, 1.54) is 0 Å². The fourth-order valence-corrected chi connectivity index (χ4v) is 4.60. The van der Waals surface area contributed by atoms with Gasteiger partial charge in [0.1, 0.15) is 23.3 Å². The van der Waals surface area contributed by atoms with Crippen LogP contribution < -0.4 is 31.9 Å². The van der Waals surface area contributed by atoms with Gasteiger partial charge in [0, 0.05) is 59.8 Å². The van der Waals surface area contributed by atoms with Gasteiger partial charge in [-0.1, -0.05) is 0 Å². The molecule has 0 saturated heterocycles. The Kier molecular flexibility index (Phi) is 7.22. The van der Waals surface area contributed by atoms with E-state index in [-0.39, 0.29) is 18.4 Å². The first kappa shape index (κ1) is 24.6. The van der Waals surface area contributed by atoms with Crippen LogP contribution in [0.4, 0.5) is 16.2 Å². The van der Waals surface area contributed by atoms with Crippen molar-refractivity contribution in [3.63, 3.8) is 0 Å². The van der Waals surface area contributed by atoms with Crippen LogP contribution in [0.1, 0.15) is 22.3 Å². The topological polar surface area (TPSA) is 139 Å². The highest BCUT2D eigenvalue weighted by Crippen LogP contribution is 2.21. The molecule has 0 aliphatic carbocycles. The van der Waals surface area contributed by atoms with Gasteiger partial charge in [-0.25, -0.2) is 4.79 Å². The molecule has 0 aromatic heterocycles. The first-order valence-corrected chi connectivity index (χ1v) is 12.2. The van der Waals surface area contributed by atoms with E-state index in [2.05, 4.69) is 51.9 Å². The van der Waals surface area contributed by atoms with Gasteiger partial charge in [0.05, 0.1) is 26.2 Å². The van der Waals surface area contributed by atoms with Gasteiger partial charge in [0.15, 0.2) is 0 Å². The zero-order valence-electron chi connectivity index (χ0n) is 20.2. The number of halogens is 1. The van der Waals surface area contributed by atoms with Crippen LogP contribution in [0.5, 0.6) is 0 Å². The molecule has 4 heterocycles. The third kappa shape index (κ3) is 5.51. The summed E-state index contributed by atoms with van der Waals surface area (Å²) in [4.78, 5) is 31.3. The highest BCUT2D eigenvalue weighted by Gasteiger charge is 2.18. The average Bonchev–Trinajstić information content (AvgIpc) is 3.72. The fourth-order valence-electron chi connectivity index (χ4n) is 4.60. The van der Waals surface area contributed by atoms with Crippen LogP contribution in [0.2, 0.25) is 0 Å². The first-order chi connectivity index (χ1) is 17.7. The van der Waals surface area contributed by atoms with Crippen LogP contribution in [0.3, 0.4) is 0 Å². The number of amidine groups is 4. The molecule has 0 unspecified atom stereocenters. The minimum absolute atomic E-state index is 0. The predicted octanol–water partition coefficient (Wildman–Crippen LogP) is 1.15. The van der Waals surface area contributed by atoms with Gasteiger partial charge < -0.3 is 31.9 Å². The molecule has 4 aliphatic heterocycles. The van der Waals surface area contributed by atoms with Gasteiger partial charge in [0.2, 0.25) is 0 Å². The normalized spacial score (nSPS) is 17.7. The molecule has 0 spiro atoms. The number of benzene rings is 2. The summed E-state index contributed by atoms with van der Waals surface area (Å²) in [6.45, 7) is 6.17. The number of nitrogens with zero attached hydrogens (tertiary/aromatic N) is 4. The molecule has 11 nitrogen and oxygen atoms in total. The molecular weight excluding hydrogens is 492 g/mol. The highest BCUT2D eigenvalue weighted by atomic mass is 35.5. The SMILES string of the molecule is Cl.O=C(Nc1cc(C2=NCCN2)cc(C2=NCCN2)c1)Nc1cc(C2=NCCN2)cc(C2=NCCN2)c1. The van der Waals surface area contributed by atoms with E-state index in [0.717, 1.165) is 98.0 Å². The van der Waals surface area contributed by atoms with Crippen LogP contribution >= 0.6 is 12.4 Å². The molecule has 0 atom stereocenters. The molecule has 4 aliphatic rings. The molecule has 6 rings (SSSR count). The van der Waals surface area contributed by atoms with Gasteiger partial charge in [-0.15, -0.1) is 12.4 Å². The summed E-state index contributed by atoms with van der Waals surface area (Å²) in [5, 5.41) is 19.2. The number of carbonyl (C=O) groups is 1. The number of carbonyl (C=O) groups excluding carboxylic acids is 1. The standard InChI is InChI=1S/C25H28N10O.ClH/c36-25(34-19-11-15(21-26-1-2-27-21)9-16(12-19)22-28-3-4-29-22)35-20-13-17(23-30-5-6-31-23)10-18(14-20)24-32-7-8-33-24;/h9-14H,1-8H2,(H,26,27)(H,28,29)(H,30,31)(H,32,33)(H2,34,35,36);1H. The zero-order chi connectivity index (χ0) is 24.3. The molecule has 2 aromatic carbocycles. The third-order valence-corrected chi connectivity index (χ3v) is 6.17. The molecule has 0 fully saturated rings. The Labute approximate surface area is 220 Å². The Hall–Kier alpha value is -4.12. The van der Waals surface area contributed by atoms with Crippen molar-refractivity contribution in [3.05, 3.63) is 58.7 Å². The molecule has 0 bridgehead atoms. The molecule has 6 N–H and O–H groups in total. The molecular formula is C25H29ClN10O. The molecule has 0 saturated carbocycles. The summed E-state index contributed by atoms with van der Waals surface area (Å²) in [6, 6.07) is 11.4.